The maximum atomic E-state index is 12.8. The fraction of sp³-hybridized carbons (Fsp3) is 0.780. The van der Waals surface area contributed by atoms with E-state index in [1.807, 2.05) is 27.2 Å². The lowest BCUT2D eigenvalue weighted by Gasteiger charge is -2.25. The van der Waals surface area contributed by atoms with E-state index in [0.717, 1.165) is 77.0 Å². The normalized spacial score (nSPS) is 14.5. The van der Waals surface area contributed by atoms with E-state index in [1.165, 1.54) is 148 Å². The summed E-state index contributed by atoms with van der Waals surface area (Å²) in [6, 6.07) is -0.842. The van der Waals surface area contributed by atoms with Crippen molar-refractivity contribution in [1.82, 2.24) is 5.32 Å². The van der Waals surface area contributed by atoms with Gasteiger partial charge in [0.25, 0.3) is 0 Å². The molecule has 3 atom stereocenters. The lowest BCUT2D eigenvalue weighted by atomic mass is 10.0. The number of hydrogen-bond acceptors (Lipinski definition) is 5. The molecule has 0 heterocycles. The molecule has 0 saturated carbocycles. The van der Waals surface area contributed by atoms with Crippen LogP contribution in [0.5, 0.6) is 0 Å². The van der Waals surface area contributed by atoms with E-state index in [1.54, 1.807) is 6.08 Å². The summed E-state index contributed by atoms with van der Waals surface area (Å²) in [7, 11) is 1.57. The van der Waals surface area contributed by atoms with Crippen molar-refractivity contribution in [2.24, 2.45) is 0 Å². The highest BCUT2D eigenvalue weighted by Crippen LogP contribution is 2.43. The number of phosphoric ester groups is 1. The highest BCUT2D eigenvalue weighted by Gasteiger charge is 2.27. The maximum Gasteiger partial charge on any atom is 0.472 e. The van der Waals surface area contributed by atoms with Crippen LogP contribution in [-0.4, -0.2) is 73.4 Å². The Morgan fingerprint density at radius 2 is 0.882 bits per heavy atom. The molecule has 0 radical (unpaired) electrons. The number of phosphoric acid groups is 1. The summed E-state index contributed by atoms with van der Waals surface area (Å²) in [6.07, 6.45) is 69.5. The highest BCUT2D eigenvalue weighted by atomic mass is 31.2. The second-order valence-electron chi connectivity index (χ2n) is 20.3. The molecule has 3 unspecified atom stereocenters. The predicted molar refractivity (Wildman–Crippen MR) is 295 cm³/mol. The van der Waals surface area contributed by atoms with Gasteiger partial charge in [-0.25, -0.2) is 4.57 Å². The monoisotopic (exact) mass is 974 g/mol. The first-order valence-electron chi connectivity index (χ1n) is 28.3. The minimum absolute atomic E-state index is 0.0606. The van der Waals surface area contributed by atoms with Crippen molar-refractivity contribution < 1.29 is 32.9 Å². The maximum absolute atomic E-state index is 12.8. The number of aliphatic hydroxyl groups is 1. The predicted octanol–water partition coefficient (Wildman–Crippen LogP) is 17.1. The molecular formula is C59H110N2O6P+. The van der Waals surface area contributed by atoms with Crippen LogP contribution in [0.4, 0.5) is 0 Å². The number of carbonyl (C=O) groups is 1. The molecule has 0 fully saturated rings. The summed E-state index contributed by atoms with van der Waals surface area (Å²) < 4.78 is 23.4. The number of likely N-dealkylation sites (N-methyl/N-ethyl adjacent to an activating group) is 1. The molecule has 0 bridgehead atoms. The molecule has 0 saturated heterocycles. The summed E-state index contributed by atoms with van der Waals surface area (Å²) in [5, 5.41) is 13.6. The summed E-state index contributed by atoms with van der Waals surface area (Å²) in [5.41, 5.74) is 0. The van der Waals surface area contributed by atoms with E-state index in [4.69, 9.17) is 9.05 Å². The van der Waals surface area contributed by atoms with Crippen LogP contribution in [0.2, 0.25) is 0 Å². The number of quaternary nitrogens is 1. The first-order valence-corrected chi connectivity index (χ1v) is 29.8. The van der Waals surface area contributed by atoms with Crippen molar-refractivity contribution in [3.8, 4) is 0 Å². The highest BCUT2D eigenvalue weighted by molar-refractivity contribution is 7.47. The van der Waals surface area contributed by atoms with Gasteiger partial charge in [0.15, 0.2) is 0 Å². The first-order chi connectivity index (χ1) is 33.0. The van der Waals surface area contributed by atoms with Gasteiger partial charge in [-0.2, -0.15) is 0 Å². The molecule has 0 aliphatic rings. The van der Waals surface area contributed by atoms with Gasteiger partial charge < -0.3 is 19.8 Å². The first kappa shape index (κ1) is 65.9. The Bertz CT molecular complexity index is 1330. The quantitative estimate of drug-likeness (QED) is 0.0243. The summed E-state index contributed by atoms with van der Waals surface area (Å²) in [5.74, 6) is -0.182. The molecule has 0 spiro atoms. The summed E-state index contributed by atoms with van der Waals surface area (Å²) in [6.45, 7) is 4.59. The van der Waals surface area contributed by atoms with Crippen LogP contribution in [-0.2, 0) is 18.4 Å². The second-order valence-corrected chi connectivity index (χ2v) is 21.7. The summed E-state index contributed by atoms with van der Waals surface area (Å²) in [4.78, 5) is 23.0. The zero-order chi connectivity index (χ0) is 49.9. The Hall–Kier alpha value is -2.06. The van der Waals surface area contributed by atoms with E-state index >= 15 is 0 Å². The Labute approximate surface area is 421 Å². The second kappa shape index (κ2) is 49.9. The zero-order valence-electron chi connectivity index (χ0n) is 45.1. The third-order valence-electron chi connectivity index (χ3n) is 12.4. The van der Waals surface area contributed by atoms with Gasteiger partial charge in [0.2, 0.25) is 5.91 Å². The van der Waals surface area contributed by atoms with Crippen molar-refractivity contribution in [2.45, 2.75) is 257 Å². The minimum atomic E-state index is -4.32. The van der Waals surface area contributed by atoms with Gasteiger partial charge in [-0.3, -0.25) is 13.8 Å². The minimum Gasteiger partial charge on any atom is -0.387 e. The SMILES string of the molecule is CC/C=C\C/C=C\C/C=C\C/C=C\C/C=C\CCCCCCCCCCCCCCCCCCCCCCCCCCCC(=O)NC(COP(=O)(O)OCC[N+](C)(C)C)C(O)/C=C/CCCCC. The van der Waals surface area contributed by atoms with Crippen LogP contribution >= 0.6 is 7.82 Å². The molecule has 396 valence electrons. The molecule has 9 heteroatoms. The molecule has 0 aromatic carbocycles. The van der Waals surface area contributed by atoms with Gasteiger partial charge in [0, 0.05) is 6.42 Å². The number of unbranched alkanes of at least 4 members (excludes halogenated alkanes) is 28. The van der Waals surface area contributed by atoms with E-state index < -0.39 is 20.0 Å². The Morgan fingerprint density at radius 1 is 0.515 bits per heavy atom. The number of allylic oxidation sites excluding steroid dienone is 11. The zero-order valence-corrected chi connectivity index (χ0v) is 46.0. The lowest BCUT2D eigenvalue weighted by Crippen LogP contribution is -2.45. The molecule has 0 rings (SSSR count). The smallest absolute Gasteiger partial charge is 0.387 e. The standard InChI is InChI=1S/C59H109N2O6P/c1-6-8-10-12-13-14-15-16-17-18-19-20-21-22-23-24-25-26-27-28-29-30-31-32-33-34-35-36-37-38-39-40-41-42-43-44-45-46-47-49-51-53-59(63)60-57(58(62)52-50-48-11-9-7-2)56-67-68(64,65)66-55-54-61(3,4)5/h8,10,13-14,16-17,19-20,22-23,50,52,57-58,62H,6-7,9,11-12,15,18,21,24-49,51,53-56H2,1-5H3,(H-,60,63,64,65)/p+1/b10-8-,14-13-,17-16-,20-19-,23-22-,52-50+. The van der Waals surface area contributed by atoms with E-state index in [-0.39, 0.29) is 19.1 Å². The van der Waals surface area contributed by atoms with E-state index in [9.17, 15) is 19.4 Å². The number of nitrogens with one attached hydrogen (secondary N) is 1. The number of carbonyl (C=O) groups excluding carboxylic acids is 1. The van der Waals surface area contributed by atoms with Crippen molar-refractivity contribution in [2.75, 3.05) is 40.9 Å². The fourth-order valence-corrected chi connectivity index (χ4v) is 8.75. The Balaban J connectivity index is 3.68. The average Bonchev–Trinajstić information content (AvgIpc) is 3.30. The molecule has 0 aliphatic heterocycles. The van der Waals surface area contributed by atoms with Crippen LogP contribution in [0, 0.1) is 0 Å². The van der Waals surface area contributed by atoms with E-state index in [0.29, 0.717) is 17.4 Å². The molecular weight excluding hydrogens is 864 g/mol. The van der Waals surface area contributed by atoms with Crippen LogP contribution in [0.15, 0.2) is 72.9 Å². The van der Waals surface area contributed by atoms with Gasteiger partial charge in [-0.1, -0.05) is 247 Å². The largest absolute Gasteiger partial charge is 0.472 e. The van der Waals surface area contributed by atoms with Gasteiger partial charge >= 0.3 is 7.82 Å². The van der Waals surface area contributed by atoms with Crippen molar-refractivity contribution >= 4 is 13.7 Å². The van der Waals surface area contributed by atoms with Crippen LogP contribution in [0.1, 0.15) is 245 Å². The van der Waals surface area contributed by atoms with Gasteiger partial charge in [0.1, 0.15) is 13.2 Å². The fourth-order valence-electron chi connectivity index (χ4n) is 8.01. The molecule has 0 aromatic rings. The lowest BCUT2D eigenvalue weighted by molar-refractivity contribution is -0.870. The number of amides is 1. The number of nitrogens with zero attached hydrogens (tertiary/aromatic N) is 1. The average molecular weight is 975 g/mol. The van der Waals surface area contributed by atoms with E-state index in [2.05, 4.69) is 79.9 Å². The van der Waals surface area contributed by atoms with Gasteiger partial charge in [0.05, 0.1) is 39.9 Å². The Kier molecular flexibility index (Phi) is 48.4. The topological polar surface area (TPSA) is 105 Å². The van der Waals surface area contributed by atoms with Crippen molar-refractivity contribution in [1.29, 1.82) is 0 Å². The molecule has 68 heavy (non-hydrogen) atoms. The molecule has 1 amide bonds. The summed E-state index contributed by atoms with van der Waals surface area (Å²) >= 11 is 0. The molecule has 8 nitrogen and oxygen atoms in total. The Morgan fingerprint density at radius 3 is 1.29 bits per heavy atom. The van der Waals surface area contributed by atoms with Crippen molar-refractivity contribution in [3.63, 3.8) is 0 Å². The molecule has 0 aliphatic carbocycles. The number of aliphatic hydroxyl groups excluding tert-OH is 1. The van der Waals surface area contributed by atoms with Crippen molar-refractivity contribution in [3.05, 3.63) is 72.9 Å². The van der Waals surface area contributed by atoms with Crippen LogP contribution in [0.25, 0.3) is 0 Å². The number of rotatable bonds is 51. The third kappa shape index (κ3) is 51.8. The molecule has 0 aromatic heterocycles. The van der Waals surface area contributed by atoms with Gasteiger partial charge in [-0.15, -0.1) is 0 Å². The van der Waals surface area contributed by atoms with Crippen LogP contribution < -0.4 is 5.32 Å². The molecule has 3 N–H and O–H groups in total. The third-order valence-corrected chi connectivity index (χ3v) is 13.4. The van der Waals surface area contributed by atoms with Crippen LogP contribution in [0.3, 0.4) is 0 Å². The van der Waals surface area contributed by atoms with Gasteiger partial charge in [-0.05, 0) is 64.2 Å². The number of hydrogen-bond donors (Lipinski definition) is 3.